The predicted molar refractivity (Wildman–Crippen MR) is 91.5 cm³/mol. The Hall–Kier alpha value is -2.82. The van der Waals surface area contributed by atoms with Crippen molar-refractivity contribution in [3.63, 3.8) is 0 Å². The first-order valence-electron chi connectivity index (χ1n) is 7.30. The molecule has 0 unspecified atom stereocenters. The molecule has 0 aliphatic heterocycles. The molecule has 0 fully saturated rings. The molecule has 2 rings (SSSR count). The van der Waals surface area contributed by atoms with Gasteiger partial charge in [0.15, 0.2) is 0 Å². The number of rotatable bonds is 5. The predicted octanol–water partition coefficient (Wildman–Crippen LogP) is 2.12. The van der Waals surface area contributed by atoms with Gasteiger partial charge in [0, 0.05) is 44.5 Å². The molecule has 2 amide bonds. The molecule has 0 heterocycles. The average molecular weight is 311 g/mol. The van der Waals surface area contributed by atoms with E-state index in [-0.39, 0.29) is 5.91 Å². The summed E-state index contributed by atoms with van der Waals surface area (Å²) in [6.07, 6.45) is 0. The van der Waals surface area contributed by atoms with Crippen LogP contribution in [0.2, 0.25) is 0 Å². The van der Waals surface area contributed by atoms with E-state index in [4.69, 9.17) is 5.73 Å². The molecule has 2 aromatic rings. The summed E-state index contributed by atoms with van der Waals surface area (Å²) >= 11 is 0. The first-order chi connectivity index (χ1) is 10.9. The van der Waals surface area contributed by atoms with Crippen LogP contribution in [0, 0.1) is 0 Å². The molecule has 0 saturated heterocycles. The van der Waals surface area contributed by atoms with Gasteiger partial charge in [0.25, 0.3) is 5.91 Å². The van der Waals surface area contributed by atoms with Gasteiger partial charge in [-0.15, -0.1) is 0 Å². The number of nitrogens with two attached hydrogens (primary N) is 1. The van der Waals surface area contributed by atoms with E-state index in [0.29, 0.717) is 17.7 Å². The number of anilines is 1. The fraction of sp³-hybridized carbons (Fsp3) is 0.222. The Morgan fingerprint density at radius 3 is 2.13 bits per heavy atom. The van der Waals surface area contributed by atoms with Crippen molar-refractivity contribution in [3.8, 4) is 0 Å². The molecule has 0 aliphatic rings. The van der Waals surface area contributed by atoms with E-state index < -0.39 is 5.91 Å². The van der Waals surface area contributed by atoms with Crippen molar-refractivity contribution in [2.75, 3.05) is 26.0 Å². The summed E-state index contributed by atoms with van der Waals surface area (Å²) in [5, 5.41) is 0. The molecule has 23 heavy (non-hydrogen) atoms. The van der Waals surface area contributed by atoms with Gasteiger partial charge in [-0.2, -0.15) is 0 Å². The van der Waals surface area contributed by atoms with Crippen molar-refractivity contribution in [2.45, 2.75) is 6.54 Å². The van der Waals surface area contributed by atoms with Crippen molar-refractivity contribution in [3.05, 3.63) is 65.2 Å². The number of hydrogen-bond acceptors (Lipinski definition) is 3. The van der Waals surface area contributed by atoms with Crippen molar-refractivity contribution in [1.82, 2.24) is 4.90 Å². The van der Waals surface area contributed by atoms with Crippen molar-refractivity contribution in [2.24, 2.45) is 5.73 Å². The van der Waals surface area contributed by atoms with Crippen molar-refractivity contribution < 1.29 is 9.59 Å². The zero-order valence-corrected chi connectivity index (χ0v) is 13.6. The number of primary amides is 1. The minimum atomic E-state index is -0.540. The Bertz CT molecular complexity index is 708. The van der Waals surface area contributed by atoms with Crippen molar-refractivity contribution in [1.29, 1.82) is 0 Å². The van der Waals surface area contributed by atoms with Gasteiger partial charge >= 0.3 is 0 Å². The zero-order valence-electron chi connectivity index (χ0n) is 13.6. The molecular weight excluding hydrogens is 290 g/mol. The molecule has 0 spiro atoms. The summed E-state index contributed by atoms with van der Waals surface area (Å²) in [5.41, 5.74) is 8.19. The Balaban J connectivity index is 2.10. The molecule has 0 saturated carbocycles. The molecule has 2 aromatic carbocycles. The number of hydrogen-bond donors (Lipinski definition) is 1. The first kappa shape index (κ1) is 16.5. The van der Waals surface area contributed by atoms with Crippen LogP contribution in [-0.4, -0.2) is 37.9 Å². The van der Waals surface area contributed by atoms with E-state index in [9.17, 15) is 9.59 Å². The van der Waals surface area contributed by atoms with Gasteiger partial charge < -0.3 is 15.5 Å². The Morgan fingerprint density at radius 2 is 1.57 bits per heavy atom. The second-order valence-corrected chi connectivity index (χ2v) is 5.67. The van der Waals surface area contributed by atoms with Crippen LogP contribution in [0.25, 0.3) is 0 Å². The smallest absolute Gasteiger partial charge is 0.253 e. The van der Waals surface area contributed by atoms with E-state index in [1.54, 1.807) is 30.1 Å². The van der Waals surface area contributed by atoms with E-state index in [1.807, 2.05) is 43.3 Å². The molecule has 0 radical (unpaired) electrons. The van der Waals surface area contributed by atoms with E-state index in [2.05, 4.69) is 0 Å². The fourth-order valence-electron chi connectivity index (χ4n) is 2.27. The summed E-state index contributed by atoms with van der Waals surface area (Å²) in [6.45, 7) is 0.493. The summed E-state index contributed by atoms with van der Waals surface area (Å²) in [4.78, 5) is 27.3. The van der Waals surface area contributed by atoms with Gasteiger partial charge in [-0.3, -0.25) is 9.59 Å². The summed E-state index contributed by atoms with van der Waals surface area (Å²) in [6, 6.07) is 14.5. The lowest BCUT2D eigenvalue weighted by Crippen LogP contribution is -2.26. The van der Waals surface area contributed by atoms with Crippen LogP contribution in [0.3, 0.4) is 0 Å². The Kier molecular flexibility index (Phi) is 5.01. The SMILES string of the molecule is CN(Cc1ccc(N(C)C)cc1)C(=O)c1cccc(C(N)=O)c1. The lowest BCUT2D eigenvalue weighted by molar-refractivity contribution is 0.0785. The molecule has 120 valence electrons. The monoisotopic (exact) mass is 311 g/mol. The maximum absolute atomic E-state index is 12.5. The van der Waals surface area contributed by atoms with Gasteiger partial charge in [-0.1, -0.05) is 18.2 Å². The Labute approximate surface area is 136 Å². The van der Waals surface area contributed by atoms with Gasteiger partial charge in [-0.25, -0.2) is 0 Å². The summed E-state index contributed by atoms with van der Waals surface area (Å²) < 4.78 is 0. The largest absolute Gasteiger partial charge is 0.378 e. The van der Waals surface area contributed by atoms with Crippen LogP contribution in [0.1, 0.15) is 26.3 Å². The fourth-order valence-corrected chi connectivity index (χ4v) is 2.27. The van der Waals surface area contributed by atoms with E-state index in [1.165, 1.54) is 6.07 Å². The topological polar surface area (TPSA) is 66.6 Å². The minimum absolute atomic E-state index is 0.148. The van der Waals surface area contributed by atoms with Crippen LogP contribution in [-0.2, 0) is 6.54 Å². The van der Waals surface area contributed by atoms with E-state index >= 15 is 0 Å². The minimum Gasteiger partial charge on any atom is -0.378 e. The van der Waals surface area contributed by atoms with Crippen LogP contribution in [0.4, 0.5) is 5.69 Å². The molecule has 0 aliphatic carbocycles. The molecule has 5 heteroatoms. The highest BCUT2D eigenvalue weighted by atomic mass is 16.2. The molecule has 2 N–H and O–H groups in total. The third-order valence-electron chi connectivity index (χ3n) is 3.61. The summed E-state index contributed by atoms with van der Waals surface area (Å²) in [7, 11) is 5.70. The van der Waals surface area contributed by atoms with Crippen LogP contribution >= 0.6 is 0 Å². The van der Waals surface area contributed by atoms with Gasteiger partial charge in [-0.05, 0) is 35.9 Å². The quantitative estimate of drug-likeness (QED) is 0.920. The maximum atomic E-state index is 12.5. The third-order valence-corrected chi connectivity index (χ3v) is 3.61. The highest BCUT2D eigenvalue weighted by Crippen LogP contribution is 2.15. The molecule has 5 nitrogen and oxygen atoms in total. The normalized spacial score (nSPS) is 10.2. The average Bonchev–Trinajstić information content (AvgIpc) is 2.54. The van der Waals surface area contributed by atoms with Gasteiger partial charge in [0.2, 0.25) is 5.91 Å². The van der Waals surface area contributed by atoms with Crippen LogP contribution < -0.4 is 10.6 Å². The zero-order chi connectivity index (χ0) is 17.0. The molecule has 0 atom stereocenters. The van der Waals surface area contributed by atoms with E-state index in [0.717, 1.165) is 11.3 Å². The third kappa shape index (κ3) is 4.10. The molecule has 0 bridgehead atoms. The highest BCUT2D eigenvalue weighted by Gasteiger charge is 2.13. The van der Waals surface area contributed by atoms with Crippen LogP contribution in [0.15, 0.2) is 48.5 Å². The lowest BCUT2D eigenvalue weighted by atomic mass is 10.1. The lowest BCUT2D eigenvalue weighted by Gasteiger charge is -2.18. The maximum Gasteiger partial charge on any atom is 0.253 e. The number of benzene rings is 2. The molecular formula is C18H21N3O2. The summed E-state index contributed by atoms with van der Waals surface area (Å²) in [5.74, 6) is -0.689. The molecule has 0 aromatic heterocycles. The number of carbonyl (C=O) groups is 2. The van der Waals surface area contributed by atoms with Crippen molar-refractivity contribution >= 4 is 17.5 Å². The number of amides is 2. The van der Waals surface area contributed by atoms with Gasteiger partial charge in [0.1, 0.15) is 0 Å². The second-order valence-electron chi connectivity index (χ2n) is 5.67. The van der Waals surface area contributed by atoms with Crippen LogP contribution in [0.5, 0.6) is 0 Å². The first-order valence-corrected chi connectivity index (χ1v) is 7.30. The number of carbonyl (C=O) groups excluding carboxylic acids is 2. The standard InChI is InChI=1S/C18H21N3O2/c1-20(2)16-9-7-13(8-10-16)12-21(3)18(23)15-6-4-5-14(11-15)17(19)22/h4-11H,12H2,1-3H3,(H2,19,22). The number of nitrogens with zero attached hydrogens (tertiary/aromatic N) is 2. The highest BCUT2D eigenvalue weighted by molar-refractivity contribution is 5.98. The second kappa shape index (κ2) is 6.96. The Morgan fingerprint density at radius 1 is 0.957 bits per heavy atom. The van der Waals surface area contributed by atoms with Gasteiger partial charge in [0.05, 0.1) is 0 Å².